The highest BCUT2D eigenvalue weighted by molar-refractivity contribution is 14.1. The first-order valence-electron chi connectivity index (χ1n) is 0.569. The first-order valence-corrected chi connectivity index (χ1v) is 1.93. The van der Waals surface area contributed by atoms with Crippen LogP contribution in [-0.2, 0) is 0 Å². The second-order valence-electron chi connectivity index (χ2n) is 0.241. The predicted molar refractivity (Wildman–Crippen MR) is 26.6 cm³/mol. The van der Waals surface area contributed by atoms with Gasteiger partial charge < -0.3 is 0 Å². The average Bonchev–Trinajstić information content (AvgIpc) is 0.811. The van der Waals surface area contributed by atoms with Crippen LogP contribution in [0.5, 0.6) is 0 Å². The molecule has 4 heavy (non-hydrogen) atoms. The molecule has 0 fully saturated rings. The van der Waals surface area contributed by atoms with E-state index < -0.39 is 0 Å². The van der Waals surface area contributed by atoms with E-state index in [0.29, 0.717) is 2.68 Å². The lowest BCUT2D eigenvalue weighted by molar-refractivity contribution is 0.150. The minimum atomic E-state index is 0.664. The van der Waals surface area contributed by atoms with Gasteiger partial charge >= 0.3 is 0 Å². The quantitative estimate of drug-likeness (QED) is 0.257. The fourth-order valence-electron chi connectivity index (χ4n) is 0. The molecular formula is H2INOS. The van der Waals surface area contributed by atoms with Gasteiger partial charge in [0.1, 0.15) is 0 Å². The zero-order valence-electron chi connectivity index (χ0n) is 1.72. The smallest absolute Gasteiger partial charge is 0.0641 e. The van der Waals surface area contributed by atoms with E-state index in [0.717, 1.165) is 0 Å². The van der Waals surface area contributed by atoms with Crippen molar-refractivity contribution in [3.63, 3.8) is 0 Å². The molecule has 4 heteroatoms. The molecular weight excluding hydrogens is 189 g/mol. The summed E-state index contributed by atoms with van der Waals surface area (Å²) in [4.78, 5) is 0. The van der Waals surface area contributed by atoms with Gasteiger partial charge in [-0.2, -0.15) is 0 Å². The standard InChI is InChI=1S/H2INOS/c1-2(3)4/h3-4H. The third kappa shape index (κ3) is 12.0. The summed E-state index contributed by atoms with van der Waals surface area (Å²) in [6.07, 6.45) is 0. The Labute approximate surface area is 43.8 Å². The first kappa shape index (κ1) is 5.00. The molecule has 0 aromatic carbocycles. The minimum Gasteiger partial charge on any atom is -0.294 e. The van der Waals surface area contributed by atoms with Crippen LogP contribution in [0.25, 0.3) is 0 Å². The lowest BCUT2D eigenvalue weighted by Crippen LogP contribution is -1.78. The van der Waals surface area contributed by atoms with Crippen molar-refractivity contribution in [2.75, 3.05) is 0 Å². The van der Waals surface area contributed by atoms with Crippen molar-refractivity contribution in [3.8, 4) is 0 Å². The van der Waals surface area contributed by atoms with Crippen LogP contribution in [0.15, 0.2) is 0 Å². The zero-order valence-corrected chi connectivity index (χ0v) is 4.77. The van der Waals surface area contributed by atoms with Crippen LogP contribution in [0, 0.1) is 0 Å². The van der Waals surface area contributed by atoms with Gasteiger partial charge in [-0.15, -0.1) is 0 Å². The lowest BCUT2D eigenvalue weighted by atomic mass is 13.5. The van der Waals surface area contributed by atoms with Crippen LogP contribution in [0.2, 0.25) is 0 Å². The second kappa shape index (κ2) is 2.25. The number of hydrogen-bond acceptors (Lipinski definition) is 3. The molecule has 0 aliphatic rings. The summed E-state index contributed by atoms with van der Waals surface area (Å²) >= 11 is 4.94. The Balaban J connectivity index is 2.32. The van der Waals surface area contributed by atoms with E-state index in [1.807, 2.05) is 0 Å². The molecule has 1 N–H and O–H groups in total. The summed E-state index contributed by atoms with van der Waals surface area (Å²) in [6, 6.07) is 0. The van der Waals surface area contributed by atoms with Crippen LogP contribution < -0.4 is 0 Å². The second-order valence-corrected chi connectivity index (χ2v) is 2.30. The Bertz CT molecular complexity index is 12.8. The molecule has 0 aromatic rings. The van der Waals surface area contributed by atoms with Crippen molar-refractivity contribution in [2.45, 2.75) is 0 Å². The van der Waals surface area contributed by atoms with E-state index in [-0.39, 0.29) is 0 Å². The van der Waals surface area contributed by atoms with E-state index in [1.165, 1.54) is 0 Å². The van der Waals surface area contributed by atoms with Crippen LogP contribution in [0.3, 0.4) is 0 Å². The summed E-state index contributed by atoms with van der Waals surface area (Å²) < 4.78 is 0.664. The van der Waals surface area contributed by atoms with Gasteiger partial charge in [0, 0.05) is 0 Å². The Kier molecular flexibility index (Phi) is 2.81. The summed E-state index contributed by atoms with van der Waals surface area (Å²) in [5.41, 5.74) is 0. The van der Waals surface area contributed by atoms with E-state index in [2.05, 4.69) is 12.8 Å². The molecule has 0 atom stereocenters. The van der Waals surface area contributed by atoms with Crippen molar-refractivity contribution >= 4 is 35.7 Å². The van der Waals surface area contributed by atoms with Gasteiger partial charge in [0.2, 0.25) is 0 Å². The normalized spacial score (nSPS) is 9.00. The van der Waals surface area contributed by atoms with Gasteiger partial charge in [-0.3, -0.25) is 5.21 Å². The molecule has 0 saturated carbocycles. The molecule has 0 saturated heterocycles. The first-order chi connectivity index (χ1) is 1.73. The molecule has 0 spiro atoms. The molecule has 0 aromatic heterocycles. The molecule has 26 valence electrons. The Morgan fingerprint density at radius 3 is 2.00 bits per heavy atom. The van der Waals surface area contributed by atoms with Gasteiger partial charge in [0.05, 0.1) is 22.9 Å². The molecule has 0 unspecified atom stereocenters. The van der Waals surface area contributed by atoms with E-state index in [9.17, 15) is 0 Å². The highest BCUT2D eigenvalue weighted by atomic mass is 127. The summed E-state index contributed by atoms with van der Waals surface area (Å²) in [6.45, 7) is 0. The monoisotopic (exact) mass is 191 g/mol. The Hall–Kier alpha value is 1.00. The van der Waals surface area contributed by atoms with Crippen LogP contribution >= 0.6 is 35.7 Å². The number of nitrogens with zero attached hydrogens (tertiary/aromatic N) is 1. The van der Waals surface area contributed by atoms with E-state index in [1.54, 1.807) is 22.9 Å². The minimum absolute atomic E-state index is 0.664. The van der Waals surface area contributed by atoms with E-state index >= 15 is 0 Å². The third-order valence-corrected chi connectivity index (χ3v) is 0. The molecule has 0 aliphatic heterocycles. The molecule has 0 bridgehead atoms. The lowest BCUT2D eigenvalue weighted by Gasteiger charge is -1.82. The molecule has 0 rings (SSSR count). The number of thiol groups is 1. The van der Waals surface area contributed by atoms with Gasteiger partial charge in [0.15, 0.2) is 0 Å². The largest absolute Gasteiger partial charge is 0.294 e. The number of rotatable bonds is 0. The van der Waals surface area contributed by atoms with Crippen molar-refractivity contribution in [1.29, 1.82) is 0 Å². The third-order valence-electron chi connectivity index (χ3n) is 0. The van der Waals surface area contributed by atoms with Gasteiger partial charge in [-0.1, -0.05) is 15.5 Å². The number of halogens is 1. The summed E-state index contributed by atoms with van der Waals surface area (Å²) in [5, 5.41) is 7.74. The van der Waals surface area contributed by atoms with Gasteiger partial charge in [-0.05, 0) is 0 Å². The highest BCUT2D eigenvalue weighted by Gasteiger charge is 1.65. The van der Waals surface area contributed by atoms with Crippen molar-refractivity contribution in [1.82, 2.24) is 2.68 Å². The Morgan fingerprint density at radius 2 is 2.00 bits per heavy atom. The summed E-state index contributed by atoms with van der Waals surface area (Å²) in [7, 11) is 0. The van der Waals surface area contributed by atoms with E-state index in [4.69, 9.17) is 5.21 Å². The SMILES string of the molecule is ON(S)I. The van der Waals surface area contributed by atoms with Crippen LogP contribution in [-0.4, -0.2) is 7.89 Å². The molecule has 0 radical (unpaired) electrons. The van der Waals surface area contributed by atoms with Gasteiger partial charge in [0.25, 0.3) is 0 Å². The Morgan fingerprint density at radius 1 is 2.00 bits per heavy atom. The average molecular weight is 191 g/mol. The molecule has 2 nitrogen and oxygen atoms in total. The molecule has 0 heterocycles. The fourth-order valence-corrected chi connectivity index (χ4v) is 0. The number of hydrogen-bond donors (Lipinski definition) is 2. The van der Waals surface area contributed by atoms with Gasteiger partial charge in [-0.25, -0.2) is 0 Å². The van der Waals surface area contributed by atoms with Crippen LogP contribution in [0.4, 0.5) is 0 Å². The maximum Gasteiger partial charge on any atom is 0.0641 e. The maximum atomic E-state index is 7.74. The highest BCUT2D eigenvalue weighted by Crippen LogP contribution is 1.91. The predicted octanol–water partition coefficient (Wildman–Crippen LogP) is 0.872. The molecule has 0 aliphatic carbocycles. The van der Waals surface area contributed by atoms with Crippen molar-refractivity contribution in [2.24, 2.45) is 0 Å². The van der Waals surface area contributed by atoms with Crippen LogP contribution in [0.1, 0.15) is 0 Å². The van der Waals surface area contributed by atoms with Crippen molar-refractivity contribution < 1.29 is 5.21 Å². The zero-order chi connectivity index (χ0) is 3.58. The maximum absolute atomic E-state index is 7.74. The molecule has 0 amide bonds. The summed E-state index contributed by atoms with van der Waals surface area (Å²) in [5.74, 6) is 0. The fraction of sp³-hybridized carbons (Fsp3) is 0. The topological polar surface area (TPSA) is 23.5 Å². The van der Waals surface area contributed by atoms with Crippen molar-refractivity contribution in [3.05, 3.63) is 0 Å².